The number of nitrogens with zero attached hydrogens (tertiary/aromatic N) is 2. The Morgan fingerprint density at radius 1 is 1.03 bits per heavy atom. The van der Waals surface area contributed by atoms with Crippen molar-refractivity contribution in [2.45, 2.75) is 50.2 Å². The van der Waals surface area contributed by atoms with Crippen molar-refractivity contribution >= 4 is 21.5 Å². The summed E-state index contributed by atoms with van der Waals surface area (Å²) in [5.74, 6) is -0.148. The topological polar surface area (TPSA) is 66.9 Å². The van der Waals surface area contributed by atoms with E-state index in [1.165, 1.54) is 22.0 Å². The van der Waals surface area contributed by atoms with Crippen molar-refractivity contribution < 1.29 is 17.9 Å². The average molecular weight is 455 g/mol. The zero-order chi connectivity index (χ0) is 23.3. The van der Waals surface area contributed by atoms with Gasteiger partial charge in [0.25, 0.3) is 0 Å². The van der Waals surface area contributed by atoms with E-state index in [0.717, 1.165) is 11.4 Å². The molecule has 0 spiro atoms. The Balaban J connectivity index is 1.58. The summed E-state index contributed by atoms with van der Waals surface area (Å²) >= 11 is 0. The van der Waals surface area contributed by atoms with Crippen molar-refractivity contribution in [3.63, 3.8) is 0 Å². The number of carbonyl (C=O) groups excluding carboxylic acids is 1. The Morgan fingerprint density at radius 2 is 1.62 bits per heavy atom. The summed E-state index contributed by atoms with van der Waals surface area (Å²) < 4.78 is 33.2. The van der Waals surface area contributed by atoms with E-state index in [4.69, 9.17) is 4.74 Å². The third kappa shape index (κ3) is 3.89. The molecule has 0 unspecified atom stereocenters. The van der Waals surface area contributed by atoms with E-state index in [9.17, 15) is 13.2 Å². The highest BCUT2D eigenvalue weighted by Gasteiger charge is 2.38. The maximum absolute atomic E-state index is 13.1. The number of sulfonamides is 1. The molecule has 2 aliphatic heterocycles. The lowest BCUT2D eigenvalue weighted by atomic mass is 9.83. The average Bonchev–Trinajstić information content (AvgIpc) is 2.94. The third-order valence-electron chi connectivity index (χ3n) is 6.37. The minimum absolute atomic E-state index is 0.148. The summed E-state index contributed by atoms with van der Waals surface area (Å²) in [6.07, 6.45) is 1.35. The van der Waals surface area contributed by atoms with Crippen molar-refractivity contribution in [1.82, 2.24) is 4.31 Å². The second kappa shape index (κ2) is 8.14. The standard InChI is InChI=1S/C25H30N2O4S/c1-17-15-27(16-18(2)31-17)32(29,30)20-12-10-19(11-13-20)23(28)14-24-25(3,4)21-8-6-7-9-22(21)26(24)5/h6-14,17-18H,15-16H2,1-5H3/b24-14+/t17-,18-/m0/s1. The second-order valence-corrected chi connectivity index (χ2v) is 11.1. The number of fused-ring (bicyclic) bond motifs is 1. The number of ether oxygens (including phenoxy) is 1. The molecule has 0 amide bonds. The molecule has 7 heteroatoms. The summed E-state index contributed by atoms with van der Waals surface area (Å²) in [5.41, 5.74) is 3.34. The number of hydrogen-bond donors (Lipinski definition) is 0. The van der Waals surface area contributed by atoms with Crippen LogP contribution in [0.4, 0.5) is 5.69 Å². The van der Waals surface area contributed by atoms with Crippen molar-refractivity contribution in [1.29, 1.82) is 0 Å². The SMILES string of the molecule is C[C@H]1CN(S(=O)(=O)c2ccc(C(=O)/C=C3/N(C)c4ccccc4C3(C)C)cc2)C[C@H](C)O1. The smallest absolute Gasteiger partial charge is 0.243 e. The van der Waals surface area contributed by atoms with Crippen molar-refractivity contribution in [3.05, 3.63) is 71.4 Å². The molecule has 2 atom stereocenters. The third-order valence-corrected chi connectivity index (χ3v) is 8.22. The van der Waals surface area contributed by atoms with Gasteiger partial charge in [-0.3, -0.25) is 4.79 Å². The Kier molecular flexibility index (Phi) is 5.77. The summed E-state index contributed by atoms with van der Waals surface area (Å²) in [6.45, 7) is 8.59. The van der Waals surface area contributed by atoms with Crippen LogP contribution in [0.5, 0.6) is 0 Å². The van der Waals surface area contributed by atoms with Gasteiger partial charge in [0.05, 0.1) is 17.1 Å². The first-order valence-electron chi connectivity index (χ1n) is 10.9. The number of anilines is 1. The van der Waals surface area contributed by atoms with E-state index < -0.39 is 10.0 Å². The summed E-state index contributed by atoms with van der Waals surface area (Å²) in [4.78, 5) is 15.3. The van der Waals surface area contributed by atoms with Crippen LogP contribution in [0, 0.1) is 0 Å². The molecule has 0 bridgehead atoms. The van der Waals surface area contributed by atoms with Gasteiger partial charge in [-0.1, -0.05) is 32.0 Å². The van der Waals surface area contributed by atoms with Gasteiger partial charge < -0.3 is 9.64 Å². The van der Waals surface area contributed by atoms with Gasteiger partial charge in [0.15, 0.2) is 5.78 Å². The highest BCUT2D eigenvalue weighted by atomic mass is 32.2. The molecule has 2 heterocycles. The Hall–Kier alpha value is -2.48. The van der Waals surface area contributed by atoms with Gasteiger partial charge in [-0.2, -0.15) is 4.31 Å². The van der Waals surface area contributed by atoms with Gasteiger partial charge in [-0.05, 0) is 49.7 Å². The largest absolute Gasteiger partial charge is 0.373 e. The normalized spacial score (nSPS) is 24.5. The molecule has 0 saturated carbocycles. The fourth-order valence-corrected chi connectivity index (χ4v) is 6.32. The van der Waals surface area contributed by atoms with Gasteiger partial charge in [-0.15, -0.1) is 0 Å². The number of para-hydroxylation sites is 1. The number of benzene rings is 2. The van der Waals surface area contributed by atoms with Gasteiger partial charge in [-0.25, -0.2) is 8.42 Å². The molecule has 0 radical (unpaired) electrons. The van der Waals surface area contributed by atoms with E-state index >= 15 is 0 Å². The Labute approximate surface area is 190 Å². The molecule has 2 aromatic carbocycles. The predicted octanol–water partition coefficient (Wildman–Crippen LogP) is 3.98. The van der Waals surface area contributed by atoms with Crippen LogP contribution >= 0.6 is 0 Å². The minimum Gasteiger partial charge on any atom is -0.373 e. The molecule has 170 valence electrons. The maximum atomic E-state index is 13.1. The highest BCUT2D eigenvalue weighted by Crippen LogP contribution is 2.46. The lowest BCUT2D eigenvalue weighted by Gasteiger charge is -2.34. The summed E-state index contributed by atoms with van der Waals surface area (Å²) in [7, 11) is -1.67. The molecule has 4 rings (SSSR count). The van der Waals surface area contributed by atoms with Gasteiger partial charge in [0.1, 0.15) is 0 Å². The van der Waals surface area contributed by atoms with Gasteiger partial charge in [0, 0.05) is 48.6 Å². The fraction of sp³-hybridized carbons (Fsp3) is 0.400. The minimum atomic E-state index is -3.64. The van der Waals surface area contributed by atoms with Crippen LogP contribution in [0.25, 0.3) is 0 Å². The van der Waals surface area contributed by atoms with Gasteiger partial charge >= 0.3 is 0 Å². The zero-order valence-electron chi connectivity index (χ0n) is 19.2. The maximum Gasteiger partial charge on any atom is 0.243 e. The second-order valence-electron chi connectivity index (χ2n) is 9.20. The number of likely N-dealkylation sites (N-methyl/N-ethyl adjacent to an activating group) is 1. The lowest BCUT2D eigenvalue weighted by molar-refractivity contribution is -0.0440. The van der Waals surface area contributed by atoms with Crippen LogP contribution in [0.2, 0.25) is 0 Å². The molecule has 32 heavy (non-hydrogen) atoms. The molecular weight excluding hydrogens is 424 g/mol. The molecule has 1 fully saturated rings. The molecule has 2 aromatic rings. The molecule has 0 aliphatic carbocycles. The number of rotatable bonds is 4. The first-order valence-corrected chi connectivity index (χ1v) is 12.3. The number of carbonyl (C=O) groups is 1. The monoisotopic (exact) mass is 454 g/mol. The van der Waals surface area contributed by atoms with Crippen molar-refractivity contribution in [2.24, 2.45) is 0 Å². The van der Waals surface area contributed by atoms with E-state index in [1.54, 1.807) is 18.2 Å². The van der Waals surface area contributed by atoms with Crippen molar-refractivity contribution in [3.8, 4) is 0 Å². The number of hydrogen-bond acceptors (Lipinski definition) is 5. The highest BCUT2D eigenvalue weighted by molar-refractivity contribution is 7.89. The van der Waals surface area contributed by atoms with Crippen molar-refractivity contribution in [2.75, 3.05) is 25.0 Å². The fourth-order valence-electron chi connectivity index (χ4n) is 4.73. The predicted molar refractivity (Wildman–Crippen MR) is 125 cm³/mol. The summed E-state index contributed by atoms with van der Waals surface area (Å²) in [6, 6.07) is 14.4. The van der Waals surface area contributed by atoms with Crippen LogP contribution in [0.15, 0.2) is 65.2 Å². The van der Waals surface area contributed by atoms with E-state index in [1.807, 2.05) is 37.9 Å². The Morgan fingerprint density at radius 3 is 2.22 bits per heavy atom. The van der Waals surface area contributed by atoms with Crippen LogP contribution in [0.1, 0.15) is 43.6 Å². The first kappa shape index (κ1) is 22.7. The molecule has 0 N–H and O–H groups in total. The molecule has 0 aromatic heterocycles. The van der Waals surface area contributed by atoms with E-state index in [0.29, 0.717) is 18.7 Å². The Bertz CT molecular complexity index is 1160. The molecule has 6 nitrogen and oxygen atoms in total. The van der Waals surface area contributed by atoms with Gasteiger partial charge in [0.2, 0.25) is 10.0 Å². The van der Waals surface area contributed by atoms with Crippen LogP contribution in [-0.4, -0.2) is 50.9 Å². The van der Waals surface area contributed by atoms with E-state index in [2.05, 4.69) is 26.0 Å². The zero-order valence-corrected chi connectivity index (χ0v) is 20.0. The number of allylic oxidation sites excluding steroid dienone is 2. The number of ketones is 1. The van der Waals surface area contributed by atoms with Crippen LogP contribution < -0.4 is 4.90 Å². The molecule has 1 saturated heterocycles. The van der Waals surface area contributed by atoms with E-state index in [-0.39, 0.29) is 28.3 Å². The summed E-state index contributed by atoms with van der Waals surface area (Å²) in [5, 5.41) is 0. The first-order chi connectivity index (χ1) is 15.0. The molecular formula is C25H30N2O4S. The quantitative estimate of drug-likeness (QED) is 0.516. The van der Waals surface area contributed by atoms with Crippen LogP contribution in [-0.2, 0) is 20.2 Å². The molecule has 2 aliphatic rings. The number of morpholine rings is 1. The van der Waals surface area contributed by atoms with Crippen LogP contribution in [0.3, 0.4) is 0 Å². The lowest BCUT2D eigenvalue weighted by Crippen LogP contribution is -2.48.